The Morgan fingerprint density at radius 1 is 1.14 bits per heavy atom. The van der Waals surface area contributed by atoms with Gasteiger partial charge in [0, 0.05) is 38.8 Å². The summed E-state index contributed by atoms with van der Waals surface area (Å²) >= 11 is 0. The molecule has 2 rings (SSSR count). The molecule has 1 aliphatic heterocycles. The average Bonchev–Trinajstić information content (AvgIpc) is 2.71. The SMILES string of the molecule is CC(=O)N1CCCN(C(=O)C(C)c2cccc(N)c2)CC1. The Balaban J connectivity index is 2.04. The Hall–Kier alpha value is -2.04. The van der Waals surface area contributed by atoms with Crippen LogP contribution in [0.3, 0.4) is 0 Å². The normalized spacial score (nSPS) is 17.2. The summed E-state index contributed by atoms with van der Waals surface area (Å²) in [5.41, 5.74) is 7.39. The standard InChI is InChI=1S/C16H23N3O2/c1-12(14-5-3-6-15(17)11-14)16(21)19-8-4-7-18(9-10-19)13(2)20/h3,5-6,11-12H,4,7-10,17H2,1-2H3. The van der Waals surface area contributed by atoms with E-state index in [0.717, 1.165) is 18.5 Å². The van der Waals surface area contributed by atoms with Gasteiger partial charge in [0.15, 0.2) is 0 Å². The fraction of sp³-hybridized carbons (Fsp3) is 0.500. The molecule has 2 amide bonds. The minimum Gasteiger partial charge on any atom is -0.399 e. The predicted octanol–water partition coefficient (Wildman–Crippen LogP) is 1.45. The number of carbonyl (C=O) groups excluding carboxylic acids is 2. The van der Waals surface area contributed by atoms with Crippen molar-refractivity contribution in [3.8, 4) is 0 Å². The van der Waals surface area contributed by atoms with Crippen molar-refractivity contribution in [1.82, 2.24) is 9.80 Å². The number of amides is 2. The highest BCUT2D eigenvalue weighted by Gasteiger charge is 2.25. The van der Waals surface area contributed by atoms with Crippen LogP contribution in [0.5, 0.6) is 0 Å². The van der Waals surface area contributed by atoms with Gasteiger partial charge in [-0.15, -0.1) is 0 Å². The van der Waals surface area contributed by atoms with Gasteiger partial charge in [0.1, 0.15) is 0 Å². The number of nitrogens with two attached hydrogens (primary N) is 1. The number of rotatable bonds is 2. The van der Waals surface area contributed by atoms with Gasteiger partial charge in [-0.3, -0.25) is 9.59 Å². The highest BCUT2D eigenvalue weighted by Crippen LogP contribution is 2.21. The Bertz CT molecular complexity index is 530. The maximum atomic E-state index is 12.6. The second kappa shape index (κ2) is 6.61. The largest absolute Gasteiger partial charge is 0.399 e. The molecule has 0 aliphatic carbocycles. The summed E-state index contributed by atoms with van der Waals surface area (Å²) in [4.78, 5) is 27.7. The van der Waals surface area contributed by atoms with Crippen LogP contribution >= 0.6 is 0 Å². The highest BCUT2D eigenvalue weighted by molar-refractivity contribution is 5.83. The molecular formula is C16H23N3O2. The second-order valence-electron chi connectivity index (χ2n) is 5.58. The van der Waals surface area contributed by atoms with Gasteiger partial charge >= 0.3 is 0 Å². The van der Waals surface area contributed by atoms with Crippen molar-refractivity contribution in [2.45, 2.75) is 26.2 Å². The summed E-state index contributed by atoms with van der Waals surface area (Å²) in [7, 11) is 0. The number of anilines is 1. The molecule has 1 unspecified atom stereocenters. The van der Waals surface area contributed by atoms with E-state index in [-0.39, 0.29) is 17.7 Å². The quantitative estimate of drug-likeness (QED) is 0.838. The molecule has 0 spiro atoms. The maximum absolute atomic E-state index is 12.6. The summed E-state index contributed by atoms with van der Waals surface area (Å²) in [5, 5.41) is 0. The second-order valence-corrected chi connectivity index (χ2v) is 5.58. The van der Waals surface area contributed by atoms with Crippen molar-refractivity contribution in [3.63, 3.8) is 0 Å². The Labute approximate surface area is 125 Å². The molecule has 0 radical (unpaired) electrons. The molecule has 5 heteroatoms. The number of hydrogen-bond donors (Lipinski definition) is 1. The minimum atomic E-state index is -0.211. The van der Waals surface area contributed by atoms with Crippen LogP contribution in [0.4, 0.5) is 5.69 Å². The van der Waals surface area contributed by atoms with Crippen molar-refractivity contribution in [1.29, 1.82) is 0 Å². The van der Waals surface area contributed by atoms with E-state index >= 15 is 0 Å². The Morgan fingerprint density at radius 2 is 1.81 bits per heavy atom. The molecule has 1 heterocycles. The molecule has 1 aliphatic rings. The summed E-state index contributed by atoms with van der Waals surface area (Å²) in [6, 6.07) is 7.46. The third-order valence-corrected chi connectivity index (χ3v) is 4.03. The van der Waals surface area contributed by atoms with E-state index in [4.69, 9.17) is 5.73 Å². The van der Waals surface area contributed by atoms with Gasteiger partial charge in [-0.05, 0) is 31.0 Å². The van der Waals surface area contributed by atoms with Crippen LogP contribution in [0.25, 0.3) is 0 Å². The molecule has 0 saturated carbocycles. The smallest absolute Gasteiger partial charge is 0.229 e. The number of nitrogen functional groups attached to an aromatic ring is 1. The number of benzene rings is 1. The van der Waals surface area contributed by atoms with Crippen LogP contribution in [-0.4, -0.2) is 47.8 Å². The lowest BCUT2D eigenvalue weighted by molar-refractivity contribution is -0.133. The van der Waals surface area contributed by atoms with E-state index in [1.54, 1.807) is 11.8 Å². The molecule has 1 saturated heterocycles. The van der Waals surface area contributed by atoms with Crippen LogP contribution < -0.4 is 5.73 Å². The third kappa shape index (κ3) is 3.74. The van der Waals surface area contributed by atoms with Crippen molar-refractivity contribution in [3.05, 3.63) is 29.8 Å². The van der Waals surface area contributed by atoms with Crippen molar-refractivity contribution >= 4 is 17.5 Å². The average molecular weight is 289 g/mol. The first-order valence-electron chi connectivity index (χ1n) is 7.39. The zero-order chi connectivity index (χ0) is 15.4. The zero-order valence-electron chi connectivity index (χ0n) is 12.7. The van der Waals surface area contributed by atoms with Crippen LogP contribution in [0.1, 0.15) is 31.7 Å². The lowest BCUT2D eigenvalue weighted by Crippen LogP contribution is -2.38. The summed E-state index contributed by atoms with van der Waals surface area (Å²) in [5.74, 6) is -0.0310. The first-order chi connectivity index (χ1) is 9.99. The number of nitrogens with zero attached hydrogens (tertiary/aromatic N) is 2. The molecule has 1 aromatic rings. The van der Waals surface area contributed by atoms with Gasteiger partial charge in [-0.2, -0.15) is 0 Å². The fourth-order valence-corrected chi connectivity index (χ4v) is 2.70. The van der Waals surface area contributed by atoms with Gasteiger partial charge in [0.2, 0.25) is 11.8 Å². The molecule has 21 heavy (non-hydrogen) atoms. The first kappa shape index (κ1) is 15.4. The summed E-state index contributed by atoms with van der Waals surface area (Å²) < 4.78 is 0. The lowest BCUT2D eigenvalue weighted by Gasteiger charge is -2.25. The molecule has 2 N–H and O–H groups in total. The van der Waals surface area contributed by atoms with E-state index in [0.29, 0.717) is 25.3 Å². The number of hydrogen-bond acceptors (Lipinski definition) is 3. The van der Waals surface area contributed by atoms with E-state index < -0.39 is 0 Å². The van der Waals surface area contributed by atoms with E-state index in [2.05, 4.69) is 0 Å². The lowest BCUT2D eigenvalue weighted by atomic mass is 9.99. The topological polar surface area (TPSA) is 66.6 Å². The van der Waals surface area contributed by atoms with Gasteiger partial charge < -0.3 is 15.5 Å². The van der Waals surface area contributed by atoms with Crippen molar-refractivity contribution < 1.29 is 9.59 Å². The van der Waals surface area contributed by atoms with Crippen LogP contribution in [-0.2, 0) is 9.59 Å². The molecular weight excluding hydrogens is 266 g/mol. The maximum Gasteiger partial charge on any atom is 0.229 e. The van der Waals surface area contributed by atoms with Crippen LogP contribution in [0.15, 0.2) is 24.3 Å². The highest BCUT2D eigenvalue weighted by atomic mass is 16.2. The van der Waals surface area contributed by atoms with Gasteiger partial charge in [-0.1, -0.05) is 12.1 Å². The number of carbonyl (C=O) groups is 2. The summed E-state index contributed by atoms with van der Waals surface area (Å²) in [6.07, 6.45) is 0.828. The summed E-state index contributed by atoms with van der Waals surface area (Å²) in [6.45, 7) is 6.13. The first-order valence-corrected chi connectivity index (χ1v) is 7.39. The molecule has 5 nitrogen and oxygen atoms in total. The molecule has 1 atom stereocenters. The molecule has 1 fully saturated rings. The predicted molar refractivity (Wildman–Crippen MR) is 82.7 cm³/mol. The van der Waals surface area contributed by atoms with Crippen molar-refractivity contribution in [2.75, 3.05) is 31.9 Å². The zero-order valence-corrected chi connectivity index (χ0v) is 12.7. The van der Waals surface area contributed by atoms with E-state index in [1.807, 2.05) is 36.1 Å². The molecule has 1 aromatic carbocycles. The van der Waals surface area contributed by atoms with Crippen LogP contribution in [0, 0.1) is 0 Å². The van der Waals surface area contributed by atoms with Gasteiger partial charge in [0.05, 0.1) is 5.92 Å². The Kier molecular flexibility index (Phi) is 4.83. The van der Waals surface area contributed by atoms with Crippen molar-refractivity contribution in [2.24, 2.45) is 0 Å². The fourth-order valence-electron chi connectivity index (χ4n) is 2.70. The Morgan fingerprint density at radius 3 is 2.48 bits per heavy atom. The van der Waals surface area contributed by atoms with E-state index in [1.165, 1.54) is 0 Å². The molecule has 0 aromatic heterocycles. The molecule has 114 valence electrons. The minimum absolute atomic E-state index is 0.0770. The third-order valence-electron chi connectivity index (χ3n) is 4.03. The van der Waals surface area contributed by atoms with E-state index in [9.17, 15) is 9.59 Å². The molecule has 0 bridgehead atoms. The van der Waals surface area contributed by atoms with Gasteiger partial charge in [-0.25, -0.2) is 0 Å². The monoisotopic (exact) mass is 289 g/mol. The van der Waals surface area contributed by atoms with Crippen LogP contribution in [0.2, 0.25) is 0 Å². The van der Waals surface area contributed by atoms with Gasteiger partial charge in [0.25, 0.3) is 0 Å².